The second-order valence-electron chi connectivity index (χ2n) is 3.87. The Morgan fingerprint density at radius 1 is 1.40 bits per heavy atom. The fraction of sp³-hybridized carbons (Fsp3) is 0.167. The molecule has 20 heavy (non-hydrogen) atoms. The highest BCUT2D eigenvalue weighted by atomic mass is 32.1. The van der Waals surface area contributed by atoms with E-state index in [-0.39, 0.29) is 16.9 Å². The van der Waals surface area contributed by atoms with Crippen molar-refractivity contribution in [3.05, 3.63) is 50.3 Å². The zero-order chi connectivity index (χ0) is 14.5. The molecule has 0 radical (unpaired) electrons. The average molecular weight is 293 g/mol. The van der Waals surface area contributed by atoms with E-state index in [1.807, 2.05) is 0 Å². The molecule has 0 bridgehead atoms. The number of nitrogens with zero attached hydrogens (tertiary/aromatic N) is 1. The van der Waals surface area contributed by atoms with Gasteiger partial charge in [0.1, 0.15) is 5.69 Å². The molecular weight excluding hydrogens is 282 g/mol. The number of rotatable bonds is 5. The molecule has 0 aliphatic rings. The molecule has 3 N–H and O–H groups in total. The van der Waals surface area contributed by atoms with Crippen LogP contribution in [0.25, 0.3) is 0 Å². The van der Waals surface area contributed by atoms with Crippen molar-refractivity contribution in [2.45, 2.75) is 6.42 Å². The summed E-state index contributed by atoms with van der Waals surface area (Å²) in [7, 11) is 0. The zero-order valence-electron chi connectivity index (χ0n) is 10.3. The molecule has 0 aliphatic carbocycles. The van der Waals surface area contributed by atoms with E-state index in [1.54, 1.807) is 0 Å². The predicted molar refractivity (Wildman–Crippen MR) is 72.2 cm³/mol. The van der Waals surface area contributed by atoms with Crippen molar-refractivity contribution in [2.24, 2.45) is 0 Å². The van der Waals surface area contributed by atoms with Crippen LogP contribution < -0.4 is 10.9 Å². The Morgan fingerprint density at radius 3 is 2.85 bits per heavy atom. The largest absolute Gasteiger partial charge is 0.476 e. The van der Waals surface area contributed by atoms with E-state index in [4.69, 9.17) is 5.11 Å². The van der Waals surface area contributed by atoms with Crippen LogP contribution in [0.2, 0.25) is 0 Å². The summed E-state index contributed by atoms with van der Waals surface area (Å²) in [6.07, 6.45) is 0.431. The Labute approximate surface area is 117 Å². The maximum atomic E-state index is 11.7. The molecule has 0 atom stereocenters. The van der Waals surface area contributed by atoms with Crippen LogP contribution in [0.4, 0.5) is 0 Å². The topological polar surface area (TPSA) is 112 Å². The first-order chi connectivity index (χ1) is 9.56. The van der Waals surface area contributed by atoms with Crippen molar-refractivity contribution in [1.82, 2.24) is 15.3 Å². The molecule has 2 aromatic rings. The van der Waals surface area contributed by atoms with Crippen LogP contribution in [0.1, 0.15) is 26.0 Å². The summed E-state index contributed by atoms with van der Waals surface area (Å²) in [5, 5.41) is 13.4. The number of carboxylic acid groups (broad SMARTS) is 1. The van der Waals surface area contributed by atoms with Gasteiger partial charge >= 0.3 is 5.97 Å². The monoisotopic (exact) mass is 293 g/mol. The maximum absolute atomic E-state index is 11.7. The molecule has 0 fully saturated rings. The van der Waals surface area contributed by atoms with Gasteiger partial charge < -0.3 is 15.4 Å². The number of amides is 1. The quantitative estimate of drug-likeness (QED) is 0.743. The van der Waals surface area contributed by atoms with Crippen LogP contribution in [0, 0.1) is 0 Å². The minimum atomic E-state index is -1.07. The van der Waals surface area contributed by atoms with E-state index in [0.717, 1.165) is 0 Å². The predicted octanol–water partition coefficient (Wildman–Crippen LogP) is 0.502. The standard InChI is InChI=1S/C12H11N3O4S/c16-9-3-1-2-7(14-9)11(17)13-5-4-10-15-8(6-20-10)12(18)19/h1-3,6H,4-5H2,(H,13,17)(H,14,16)(H,18,19). The Kier molecular flexibility index (Phi) is 4.26. The van der Waals surface area contributed by atoms with Gasteiger partial charge in [0, 0.05) is 24.4 Å². The number of carbonyl (C=O) groups is 2. The van der Waals surface area contributed by atoms with Gasteiger partial charge in [0.05, 0.1) is 5.01 Å². The number of carbonyl (C=O) groups excluding carboxylic acids is 1. The fourth-order valence-electron chi connectivity index (χ4n) is 1.48. The number of aromatic amines is 1. The number of thiazole rings is 1. The number of nitrogens with one attached hydrogen (secondary N) is 2. The van der Waals surface area contributed by atoms with Crippen LogP contribution in [0.15, 0.2) is 28.4 Å². The number of hydrogen-bond donors (Lipinski definition) is 3. The van der Waals surface area contributed by atoms with Crippen molar-refractivity contribution < 1.29 is 14.7 Å². The highest BCUT2D eigenvalue weighted by Gasteiger charge is 2.09. The van der Waals surface area contributed by atoms with Crippen LogP contribution in [0.5, 0.6) is 0 Å². The molecule has 0 saturated carbocycles. The summed E-state index contributed by atoms with van der Waals surface area (Å²) >= 11 is 1.23. The zero-order valence-corrected chi connectivity index (χ0v) is 11.1. The summed E-state index contributed by atoms with van der Waals surface area (Å²) in [5.74, 6) is -1.46. The molecule has 0 aliphatic heterocycles. The highest BCUT2D eigenvalue weighted by molar-refractivity contribution is 7.09. The molecule has 104 valence electrons. The number of H-pyrrole nitrogens is 1. The lowest BCUT2D eigenvalue weighted by Crippen LogP contribution is -2.28. The van der Waals surface area contributed by atoms with Gasteiger partial charge in [-0.05, 0) is 6.07 Å². The van der Waals surface area contributed by atoms with Gasteiger partial charge in [0.15, 0.2) is 5.69 Å². The lowest BCUT2D eigenvalue weighted by molar-refractivity contribution is 0.0690. The third kappa shape index (κ3) is 3.51. The van der Waals surface area contributed by atoms with Crippen LogP contribution in [0.3, 0.4) is 0 Å². The lowest BCUT2D eigenvalue weighted by atomic mass is 10.3. The Hall–Kier alpha value is -2.48. The molecule has 7 nitrogen and oxygen atoms in total. The minimum Gasteiger partial charge on any atom is -0.476 e. The van der Waals surface area contributed by atoms with Crippen LogP contribution in [-0.2, 0) is 6.42 Å². The van der Waals surface area contributed by atoms with E-state index in [1.165, 1.54) is 34.9 Å². The highest BCUT2D eigenvalue weighted by Crippen LogP contribution is 2.09. The van der Waals surface area contributed by atoms with Gasteiger partial charge in [0.2, 0.25) is 5.56 Å². The van der Waals surface area contributed by atoms with Crippen LogP contribution >= 0.6 is 11.3 Å². The molecule has 2 heterocycles. The number of aromatic carboxylic acids is 1. The minimum absolute atomic E-state index is 0.00344. The smallest absolute Gasteiger partial charge is 0.355 e. The molecule has 2 aromatic heterocycles. The third-order valence-corrected chi connectivity index (χ3v) is 3.32. The third-order valence-electron chi connectivity index (χ3n) is 2.41. The first kappa shape index (κ1) is 13.9. The number of aromatic nitrogens is 2. The molecule has 0 saturated heterocycles. The molecule has 1 amide bonds. The maximum Gasteiger partial charge on any atom is 0.355 e. The van der Waals surface area contributed by atoms with Crippen molar-refractivity contribution in [3.63, 3.8) is 0 Å². The Bertz CT molecular complexity index is 692. The van der Waals surface area contributed by atoms with E-state index >= 15 is 0 Å². The second-order valence-corrected chi connectivity index (χ2v) is 4.81. The molecule has 2 rings (SSSR count). The van der Waals surface area contributed by atoms with Crippen molar-refractivity contribution in [1.29, 1.82) is 0 Å². The molecular formula is C12H11N3O4S. The molecule has 0 spiro atoms. The summed E-state index contributed by atoms with van der Waals surface area (Å²) < 4.78 is 0. The van der Waals surface area contributed by atoms with E-state index in [0.29, 0.717) is 18.0 Å². The average Bonchev–Trinajstić information content (AvgIpc) is 2.87. The van der Waals surface area contributed by atoms with E-state index in [9.17, 15) is 14.4 Å². The number of carboxylic acids is 1. The van der Waals surface area contributed by atoms with Gasteiger partial charge in [-0.25, -0.2) is 9.78 Å². The lowest BCUT2D eigenvalue weighted by Gasteiger charge is -2.03. The van der Waals surface area contributed by atoms with Gasteiger partial charge in [0.25, 0.3) is 5.91 Å². The summed E-state index contributed by atoms with van der Waals surface area (Å²) in [6.45, 7) is 0.308. The second kappa shape index (κ2) is 6.11. The number of hydrogen-bond acceptors (Lipinski definition) is 5. The molecule has 0 aromatic carbocycles. The summed E-state index contributed by atoms with van der Waals surface area (Å²) in [5.41, 5.74) is -0.157. The van der Waals surface area contributed by atoms with Gasteiger partial charge in [-0.1, -0.05) is 6.07 Å². The first-order valence-corrected chi connectivity index (χ1v) is 6.59. The SMILES string of the molecule is O=C(O)c1csc(CCNC(=O)c2cccc(=O)[nH]2)n1. The van der Waals surface area contributed by atoms with Crippen molar-refractivity contribution >= 4 is 23.2 Å². The first-order valence-electron chi connectivity index (χ1n) is 5.71. The summed E-state index contributed by atoms with van der Waals surface area (Å²) in [6, 6.07) is 4.32. The van der Waals surface area contributed by atoms with E-state index < -0.39 is 11.9 Å². The Balaban J connectivity index is 1.87. The summed E-state index contributed by atoms with van der Waals surface area (Å²) in [4.78, 5) is 39.7. The fourth-order valence-corrected chi connectivity index (χ4v) is 2.25. The van der Waals surface area contributed by atoms with Crippen molar-refractivity contribution in [2.75, 3.05) is 6.54 Å². The van der Waals surface area contributed by atoms with Gasteiger partial charge in [-0.15, -0.1) is 11.3 Å². The van der Waals surface area contributed by atoms with Crippen molar-refractivity contribution in [3.8, 4) is 0 Å². The normalized spacial score (nSPS) is 10.2. The van der Waals surface area contributed by atoms with Crippen LogP contribution in [-0.4, -0.2) is 33.5 Å². The van der Waals surface area contributed by atoms with E-state index in [2.05, 4.69) is 15.3 Å². The molecule has 8 heteroatoms. The molecule has 0 unspecified atom stereocenters. The Morgan fingerprint density at radius 2 is 2.20 bits per heavy atom. The van der Waals surface area contributed by atoms with Gasteiger partial charge in [-0.2, -0.15) is 0 Å². The number of pyridine rings is 1. The van der Waals surface area contributed by atoms with Gasteiger partial charge in [-0.3, -0.25) is 9.59 Å².